The molecule has 0 aliphatic carbocycles. The summed E-state index contributed by atoms with van der Waals surface area (Å²) < 4.78 is 10.2. The van der Waals surface area contributed by atoms with Crippen LogP contribution < -0.4 is 5.32 Å². The lowest BCUT2D eigenvalue weighted by atomic mass is 10.1. The first-order valence-corrected chi connectivity index (χ1v) is 9.92. The molecule has 9 nitrogen and oxygen atoms in total. The summed E-state index contributed by atoms with van der Waals surface area (Å²) in [6.07, 6.45) is 1.71. The van der Waals surface area contributed by atoms with Gasteiger partial charge in [-0.05, 0) is 48.0 Å². The molecule has 0 spiro atoms. The summed E-state index contributed by atoms with van der Waals surface area (Å²) in [7, 11) is 0. The molecule has 0 atom stereocenters. The van der Waals surface area contributed by atoms with Crippen molar-refractivity contribution >= 4 is 29.4 Å². The maximum absolute atomic E-state index is 12.7. The second kappa shape index (κ2) is 9.20. The number of fused-ring (bicyclic) bond motifs is 1. The Kier molecular flexibility index (Phi) is 6.00. The number of rotatable bonds is 7. The molecule has 1 aromatic heterocycles. The molecule has 0 bridgehead atoms. The predicted molar refractivity (Wildman–Crippen MR) is 114 cm³/mol. The van der Waals surface area contributed by atoms with Crippen molar-refractivity contribution in [2.45, 2.75) is 13.0 Å². The third kappa shape index (κ3) is 4.65. The molecule has 3 amide bonds. The molecule has 1 aliphatic rings. The smallest absolute Gasteiger partial charge is 0.338 e. The van der Waals surface area contributed by atoms with Crippen LogP contribution >= 0.6 is 0 Å². The second-order valence-electron chi connectivity index (χ2n) is 7.19. The highest BCUT2D eigenvalue weighted by Crippen LogP contribution is 2.26. The summed E-state index contributed by atoms with van der Waals surface area (Å²) in [5.41, 5.74) is 1.62. The van der Waals surface area contributed by atoms with Crippen LogP contribution in [0.1, 0.15) is 42.4 Å². The van der Waals surface area contributed by atoms with Gasteiger partial charge in [0, 0.05) is 5.69 Å². The topological polar surface area (TPSA) is 130 Å². The van der Waals surface area contributed by atoms with Crippen LogP contribution in [-0.4, -0.2) is 35.2 Å². The van der Waals surface area contributed by atoms with Crippen LogP contribution in [0.4, 0.5) is 5.69 Å². The Hall–Kier alpha value is -4.71. The van der Waals surface area contributed by atoms with E-state index in [1.54, 1.807) is 36.4 Å². The van der Waals surface area contributed by atoms with Gasteiger partial charge < -0.3 is 14.5 Å². The molecule has 1 N–H and O–H groups in total. The number of imide groups is 1. The number of nitrogens with one attached hydrogen (secondary N) is 1. The van der Waals surface area contributed by atoms with E-state index in [1.807, 2.05) is 6.07 Å². The molecule has 9 heteroatoms. The number of nitriles is 1. The summed E-state index contributed by atoms with van der Waals surface area (Å²) in [5, 5.41) is 11.3. The van der Waals surface area contributed by atoms with Gasteiger partial charge in [-0.2, -0.15) is 5.26 Å². The fourth-order valence-corrected chi connectivity index (χ4v) is 3.33. The molecule has 0 saturated heterocycles. The number of amides is 3. The van der Waals surface area contributed by atoms with Gasteiger partial charge in [0.2, 0.25) is 0 Å². The van der Waals surface area contributed by atoms with Crippen LogP contribution in [0, 0.1) is 11.3 Å². The van der Waals surface area contributed by atoms with Gasteiger partial charge in [0.1, 0.15) is 5.76 Å². The molecule has 0 unspecified atom stereocenters. The summed E-state index contributed by atoms with van der Waals surface area (Å²) in [5.74, 6) is -1.92. The third-order valence-corrected chi connectivity index (χ3v) is 4.96. The zero-order valence-corrected chi connectivity index (χ0v) is 17.2. The number of carbonyl (C=O) groups is 4. The highest BCUT2D eigenvalue weighted by atomic mass is 16.5. The average molecular weight is 443 g/mol. The monoisotopic (exact) mass is 443 g/mol. The van der Waals surface area contributed by atoms with E-state index in [0.29, 0.717) is 11.4 Å². The lowest BCUT2D eigenvalue weighted by Crippen LogP contribution is -2.28. The molecule has 33 heavy (non-hydrogen) atoms. The molecule has 3 aromatic rings. The predicted octanol–water partition coefficient (Wildman–Crippen LogP) is 2.94. The van der Waals surface area contributed by atoms with Crippen molar-refractivity contribution in [1.82, 2.24) is 4.90 Å². The van der Waals surface area contributed by atoms with Gasteiger partial charge in [0.05, 0.1) is 42.0 Å². The molecule has 2 heterocycles. The number of ether oxygens (including phenoxy) is 1. The van der Waals surface area contributed by atoms with E-state index in [2.05, 4.69) is 5.32 Å². The fraction of sp³-hybridized carbons (Fsp3) is 0.125. The number of anilines is 1. The van der Waals surface area contributed by atoms with Crippen molar-refractivity contribution in [3.63, 3.8) is 0 Å². The Morgan fingerprint density at radius 3 is 2.48 bits per heavy atom. The Bertz CT molecular complexity index is 1270. The number of esters is 1. The first-order valence-electron chi connectivity index (χ1n) is 9.92. The minimum atomic E-state index is -0.804. The zero-order valence-electron chi connectivity index (χ0n) is 17.2. The van der Waals surface area contributed by atoms with Crippen molar-refractivity contribution in [2.75, 3.05) is 11.9 Å². The third-order valence-electron chi connectivity index (χ3n) is 4.96. The molecule has 164 valence electrons. The van der Waals surface area contributed by atoms with Crippen LogP contribution in [0.5, 0.6) is 0 Å². The average Bonchev–Trinajstić information content (AvgIpc) is 3.42. The molecule has 0 saturated carbocycles. The largest absolute Gasteiger partial charge is 0.467 e. The highest BCUT2D eigenvalue weighted by Gasteiger charge is 2.36. The summed E-state index contributed by atoms with van der Waals surface area (Å²) in [6, 6.07) is 16.1. The van der Waals surface area contributed by atoms with Gasteiger partial charge in [0.25, 0.3) is 17.7 Å². The molecule has 0 radical (unpaired) electrons. The summed E-state index contributed by atoms with van der Waals surface area (Å²) in [6.45, 7) is -0.551. The minimum Gasteiger partial charge on any atom is -0.467 e. The molecule has 0 fully saturated rings. The minimum absolute atomic E-state index is 0.0171. The van der Waals surface area contributed by atoms with Crippen LogP contribution in [0.25, 0.3) is 0 Å². The molecular weight excluding hydrogens is 426 g/mol. The fourth-order valence-electron chi connectivity index (χ4n) is 3.33. The first kappa shape index (κ1) is 21.5. The van der Waals surface area contributed by atoms with Gasteiger partial charge in [0.15, 0.2) is 6.61 Å². The van der Waals surface area contributed by atoms with E-state index < -0.39 is 30.3 Å². The number of hydrogen-bond acceptors (Lipinski definition) is 7. The summed E-state index contributed by atoms with van der Waals surface area (Å²) >= 11 is 0. The van der Waals surface area contributed by atoms with Crippen molar-refractivity contribution in [2.24, 2.45) is 0 Å². The quantitative estimate of drug-likeness (QED) is 0.439. The van der Waals surface area contributed by atoms with Crippen molar-refractivity contribution in [3.8, 4) is 6.07 Å². The van der Waals surface area contributed by atoms with E-state index in [-0.39, 0.29) is 29.7 Å². The molecular formula is C24H17N3O6. The van der Waals surface area contributed by atoms with Crippen LogP contribution in [0.15, 0.2) is 65.3 Å². The lowest BCUT2D eigenvalue weighted by molar-refractivity contribution is -0.119. The summed E-state index contributed by atoms with van der Waals surface area (Å²) in [4.78, 5) is 50.7. The Labute approximate surface area is 188 Å². The van der Waals surface area contributed by atoms with Gasteiger partial charge >= 0.3 is 5.97 Å². The van der Waals surface area contributed by atoms with Gasteiger partial charge in [-0.3, -0.25) is 19.3 Å². The van der Waals surface area contributed by atoms with Gasteiger partial charge in [-0.15, -0.1) is 0 Å². The van der Waals surface area contributed by atoms with E-state index in [9.17, 15) is 19.2 Å². The van der Waals surface area contributed by atoms with Crippen LogP contribution in [-0.2, 0) is 22.5 Å². The maximum atomic E-state index is 12.7. The normalized spacial score (nSPS) is 12.3. The lowest BCUT2D eigenvalue weighted by Gasteiger charge is -2.11. The SMILES string of the molecule is N#CCc1ccc(NC(=O)COC(=O)c2ccc3c(c2)C(=O)N(Cc2ccco2)C3=O)cc1. The Morgan fingerprint density at radius 1 is 1.03 bits per heavy atom. The molecule has 2 aromatic carbocycles. The van der Waals surface area contributed by atoms with E-state index >= 15 is 0 Å². The second-order valence-corrected chi connectivity index (χ2v) is 7.19. The van der Waals surface area contributed by atoms with Crippen molar-refractivity contribution in [3.05, 3.63) is 88.9 Å². The highest BCUT2D eigenvalue weighted by molar-refractivity contribution is 6.21. The molecule has 1 aliphatic heterocycles. The van der Waals surface area contributed by atoms with Crippen LogP contribution in [0.3, 0.4) is 0 Å². The van der Waals surface area contributed by atoms with E-state index in [4.69, 9.17) is 14.4 Å². The Balaban J connectivity index is 1.36. The van der Waals surface area contributed by atoms with E-state index in [1.165, 1.54) is 24.5 Å². The number of hydrogen-bond donors (Lipinski definition) is 1. The maximum Gasteiger partial charge on any atom is 0.338 e. The van der Waals surface area contributed by atoms with Crippen molar-refractivity contribution < 1.29 is 28.3 Å². The number of benzene rings is 2. The Morgan fingerprint density at radius 2 is 1.79 bits per heavy atom. The number of carbonyl (C=O) groups excluding carboxylic acids is 4. The van der Waals surface area contributed by atoms with Gasteiger partial charge in [-0.1, -0.05) is 12.1 Å². The number of nitrogens with zero attached hydrogens (tertiary/aromatic N) is 2. The zero-order chi connectivity index (χ0) is 23.4. The van der Waals surface area contributed by atoms with Crippen molar-refractivity contribution in [1.29, 1.82) is 5.26 Å². The number of furan rings is 1. The van der Waals surface area contributed by atoms with E-state index in [0.717, 1.165) is 10.5 Å². The molecule has 4 rings (SSSR count). The van der Waals surface area contributed by atoms with Gasteiger partial charge in [-0.25, -0.2) is 4.79 Å². The first-order chi connectivity index (χ1) is 16.0. The standard InChI is InChI=1S/C24H17N3O6/c25-10-9-15-3-6-17(7-4-15)26-21(28)14-33-24(31)16-5-8-19-20(12-16)23(30)27(22(19)29)13-18-2-1-11-32-18/h1-8,11-12H,9,13-14H2,(H,26,28). The van der Waals surface area contributed by atoms with Crippen LogP contribution in [0.2, 0.25) is 0 Å².